The first kappa shape index (κ1) is 23.2. The second-order valence-electron chi connectivity index (χ2n) is 9.31. The van der Waals surface area contributed by atoms with Gasteiger partial charge in [-0.25, -0.2) is 9.59 Å². The highest BCUT2D eigenvalue weighted by atomic mass is 16.7. The van der Waals surface area contributed by atoms with Gasteiger partial charge in [-0.05, 0) is 66.4 Å². The van der Waals surface area contributed by atoms with Gasteiger partial charge in [-0.2, -0.15) is 0 Å². The second-order valence-corrected chi connectivity index (χ2v) is 9.31. The fraction of sp³-hybridized carbons (Fsp3) is 0.619. The van der Waals surface area contributed by atoms with Crippen molar-refractivity contribution in [1.29, 1.82) is 0 Å². The number of esters is 1. The van der Waals surface area contributed by atoms with Gasteiger partial charge in [0, 0.05) is 0 Å². The summed E-state index contributed by atoms with van der Waals surface area (Å²) in [5.41, 5.74) is 0.751. The summed E-state index contributed by atoms with van der Waals surface area (Å²) in [6.07, 6.45) is -0.694. The van der Waals surface area contributed by atoms with Crippen LogP contribution in [-0.2, 0) is 23.6 Å². The smallest absolute Gasteiger partial charge is 0.467 e. The molecule has 1 aromatic rings. The zero-order valence-corrected chi connectivity index (χ0v) is 18.8. The van der Waals surface area contributed by atoms with Gasteiger partial charge >= 0.3 is 19.2 Å². The number of hydrogen-bond donors (Lipinski definition) is 1. The van der Waals surface area contributed by atoms with Crippen LogP contribution in [0.4, 0.5) is 4.79 Å². The number of aryl methyl sites for hydroxylation is 1. The first-order valence-electron chi connectivity index (χ1n) is 9.70. The highest BCUT2D eigenvalue weighted by Gasteiger charge is 2.52. The van der Waals surface area contributed by atoms with Gasteiger partial charge in [0.05, 0.1) is 18.3 Å². The van der Waals surface area contributed by atoms with Crippen LogP contribution in [0.5, 0.6) is 0 Å². The molecule has 2 rings (SSSR count). The van der Waals surface area contributed by atoms with Crippen molar-refractivity contribution >= 4 is 24.6 Å². The largest absolute Gasteiger partial charge is 0.495 e. The molecule has 1 saturated heterocycles. The molecule has 0 bridgehead atoms. The van der Waals surface area contributed by atoms with Gasteiger partial charge in [-0.15, -0.1) is 0 Å². The highest BCUT2D eigenvalue weighted by Crippen LogP contribution is 2.36. The predicted octanol–water partition coefficient (Wildman–Crippen LogP) is 3.03. The number of ether oxygens (including phenoxy) is 2. The lowest BCUT2D eigenvalue weighted by Crippen LogP contribution is -2.41. The van der Waals surface area contributed by atoms with Crippen molar-refractivity contribution in [3.05, 3.63) is 29.3 Å². The summed E-state index contributed by atoms with van der Waals surface area (Å²) < 4.78 is 22.4. The van der Waals surface area contributed by atoms with Crippen molar-refractivity contribution in [2.45, 2.75) is 78.2 Å². The summed E-state index contributed by atoms with van der Waals surface area (Å²) in [7, 11) is 0.766. The van der Waals surface area contributed by atoms with Crippen molar-refractivity contribution in [2.24, 2.45) is 0 Å². The lowest BCUT2D eigenvalue weighted by molar-refractivity contribution is -0.143. The molecule has 1 aromatic carbocycles. The van der Waals surface area contributed by atoms with Gasteiger partial charge in [-0.3, -0.25) is 0 Å². The van der Waals surface area contributed by atoms with Crippen molar-refractivity contribution < 1.29 is 28.4 Å². The zero-order chi connectivity index (χ0) is 22.2. The summed E-state index contributed by atoms with van der Waals surface area (Å²) in [4.78, 5) is 24.5. The van der Waals surface area contributed by atoms with E-state index in [2.05, 4.69) is 5.32 Å². The highest BCUT2D eigenvalue weighted by molar-refractivity contribution is 6.62. The summed E-state index contributed by atoms with van der Waals surface area (Å²) in [6.45, 7) is 15.1. The van der Waals surface area contributed by atoms with E-state index in [0.717, 1.165) is 11.0 Å². The Morgan fingerprint density at radius 3 is 2.10 bits per heavy atom. The number of benzene rings is 1. The molecule has 7 nitrogen and oxygen atoms in total. The molecule has 1 aliphatic rings. The van der Waals surface area contributed by atoms with Crippen LogP contribution in [-0.4, -0.2) is 43.1 Å². The van der Waals surface area contributed by atoms with E-state index in [1.54, 1.807) is 26.8 Å². The summed E-state index contributed by atoms with van der Waals surface area (Å²) >= 11 is 0. The molecule has 1 atom stereocenters. The molecule has 0 aromatic heterocycles. The molecule has 1 fully saturated rings. The Labute approximate surface area is 173 Å². The van der Waals surface area contributed by atoms with Crippen LogP contribution in [0.3, 0.4) is 0 Å². The maximum Gasteiger partial charge on any atom is 0.495 e. The van der Waals surface area contributed by atoms with E-state index in [4.69, 9.17) is 18.8 Å². The molecule has 1 heterocycles. The quantitative estimate of drug-likeness (QED) is 0.613. The molecule has 0 aliphatic carbocycles. The fourth-order valence-electron chi connectivity index (χ4n) is 2.93. The van der Waals surface area contributed by atoms with Gasteiger partial charge in [-0.1, -0.05) is 23.8 Å². The Morgan fingerprint density at radius 1 is 1.10 bits per heavy atom. The molecule has 0 spiro atoms. The van der Waals surface area contributed by atoms with E-state index >= 15 is 0 Å². The Morgan fingerprint density at radius 2 is 1.66 bits per heavy atom. The monoisotopic (exact) mass is 405 g/mol. The number of hydrogen-bond acceptors (Lipinski definition) is 6. The number of carbonyl (C=O) groups excluding carboxylic acids is 2. The third-order valence-electron chi connectivity index (χ3n) is 5.23. The van der Waals surface area contributed by atoms with Crippen molar-refractivity contribution in [3.8, 4) is 0 Å². The molecule has 1 N–H and O–H groups in total. The minimum absolute atomic E-state index is 0.449. The van der Waals surface area contributed by atoms with E-state index in [0.29, 0.717) is 5.56 Å². The van der Waals surface area contributed by atoms with Gasteiger partial charge < -0.3 is 24.1 Å². The molecule has 1 aliphatic heterocycles. The molecule has 0 radical (unpaired) electrons. The standard InChI is InChI=1S/C21H32BNO6/c1-13-12-14(16(17(24)26-9)23-18(25)27-19(2,3)4)10-11-15(13)22-28-20(5,6)21(7,8)29-22/h10-12,16H,1-9H3,(H,23,25). The van der Waals surface area contributed by atoms with Gasteiger partial charge in [0.25, 0.3) is 0 Å². The number of amides is 1. The molecule has 0 saturated carbocycles. The average Bonchev–Trinajstić information content (AvgIpc) is 2.77. The molecule has 8 heteroatoms. The van der Waals surface area contributed by atoms with Gasteiger partial charge in [0.15, 0.2) is 6.04 Å². The molecule has 160 valence electrons. The van der Waals surface area contributed by atoms with Crippen LogP contribution < -0.4 is 10.8 Å². The Bertz CT molecular complexity index is 768. The van der Waals surface area contributed by atoms with E-state index in [1.807, 2.05) is 46.8 Å². The van der Waals surface area contributed by atoms with Gasteiger partial charge in [0.1, 0.15) is 5.60 Å². The molecular formula is C21H32BNO6. The molecular weight excluding hydrogens is 373 g/mol. The molecule has 1 amide bonds. The third-order valence-corrected chi connectivity index (χ3v) is 5.23. The lowest BCUT2D eigenvalue weighted by atomic mass is 9.75. The molecule has 1 unspecified atom stereocenters. The van der Waals surface area contributed by atoms with Crippen LogP contribution in [0, 0.1) is 6.92 Å². The number of nitrogens with one attached hydrogen (secondary N) is 1. The SMILES string of the molecule is COC(=O)C(NC(=O)OC(C)(C)C)c1ccc(B2OC(C)(C)C(C)(C)O2)c(C)c1. The predicted molar refractivity (Wildman–Crippen MR) is 111 cm³/mol. The van der Waals surface area contributed by atoms with Crippen LogP contribution in [0.25, 0.3) is 0 Å². The van der Waals surface area contributed by atoms with Crippen molar-refractivity contribution in [1.82, 2.24) is 5.32 Å². The summed E-state index contributed by atoms with van der Waals surface area (Å²) in [5.74, 6) is -0.585. The first-order chi connectivity index (χ1) is 13.2. The topological polar surface area (TPSA) is 83.1 Å². The summed E-state index contributed by atoms with van der Waals surface area (Å²) in [6, 6.07) is 4.44. The second kappa shape index (κ2) is 7.99. The maximum absolute atomic E-state index is 12.3. The Kier molecular flexibility index (Phi) is 6.40. The van der Waals surface area contributed by atoms with Crippen molar-refractivity contribution in [3.63, 3.8) is 0 Å². The number of carbonyl (C=O) groups is 2. The van der Waals surface area contributed by atoms with E-state index in [9.17, 15) is 9.59 Å². The third kappa shape index (κ3) is 5.31. The van der Waals surface area contributed by atoms with Gasteiger partial charge in [0.2, 0.25) is 0 Å². The van der Waals surface area contributed by atoms with Crippen LogP contribution in [0.2, 0.25) is 0 Å². The number of methoxy groups -OCH3 is 1. The van der Waals surface area contributed by atoms with E-state index in [1.165, 1.54) is 7.11 Å². The van der Waals surface area contributed by atoms with Crippen LogP contribution >= 0.6 is 0 Å². The maximum atomic E-state index is 12.3. The first-order valence-corrected chi connectivity index (χ1v) is 9.70. The number of alkyl carbamates (subject to hydrolysis) is 1. The van der Waals surface area contributed by atoms with Crippen molar-refractivity contribution in [2.75, 3.05) is 7.11 Å². The minimum Gasteiger partial charge on any atom is -0.467 e. The number of rotatable bonds is 4. The Balaban J connectivity index is 2.27. The fourth-order valence-corrected chi connectivity index (χ4v) is 2.93. The van der Waals surface area contributed by atoms with Crippen LogP contribution in [0.15, 0.2) is 18.2 Å². The lowest BCUT2D eigenvalue weighted by Gasteiger charge is -2.32. The normalized spacial score (nSPS) is 18.9. The molecule has 29 heavy (non-hydrogen) atoms. The summed E-state index contributed by atoms with van der Waals surface area (Å²) in [5, 5.41) is 2.58. The Hall–Kier alpha value is -2.06. The van der Waals surface area contributed by atoms with E-state index in [-0.39, 0.29) is 0 Å². The minimum atomic E-state index is -0.985. The zero-order valence-electron chi connectivity index (χ0n) is 18.8. The average molecular weight is 405 g/mol. The van der Waals surface area contributed by atoms with Crippen LogP contribution in [0.1, 0.15) is 65.6 Å². The van der Waals surface area contributed by atoms with E-state index < -0.39 is 42.0 Å².